The van der Waals surface area contributed by atoms with E-state index in [9.17, 15) is 13.2 Å². The van der Waals surface area contributed by atoms with Crippen LogP contribution in [0, 0.1) is 0 Å². The van der Waals surface area contributed by atoms with E-state index in [1.54, 1.807) is 22.8 Å². The normalized spacial score (nSPS) is 11.2. The molecule has 0 saturated heterocycles. The van der Waals surface area contributed by atoms with E-state index in [4.69, 9.17) is 23.2 Å². The molecule has 1 amide bonds. The zero-order valence-electron chi connectivity index (χ0n) is 16.4. The van der Waals surface area contributed by atoms with Crippen LogP contribution in [0.2, 0.25) is 10.0 Å². The number of hydrogen-bond acceptors (Lipinski definition) is 4. The Kier molecular flexibility index (Phi) is 6.18. The smallest absolute Gasteiger partial charge is 0.274 e. The van der Waals surface area contributed by atoms with Crippen LogP contribution in [-0.4, -0.2) is 23.9 Å². The summed E-state index contributed by atoms with van der Waals surface area (Å²) in [6.07, 6.45) is 2.95. The van der Waals surface area contributed by atoms with Crippen LogP contribution in [-0.2, 0) is 10.0 Å². The molecular weight excluding hydrogens is 471 g/mol. The first-order valence-corrected chi connectivity index (χ1v) is 11.5. The van der Waals surface area contributed by atoms with Crippen molar-refractivity contribution in [1.82, 2.24) is 9.55 Å². The molecule has 4 aromatic rings. The third-order valence-corrected chi connectivity index (χ3v) is 6.68. The molecule has 10 heteroatoms. The number of imidazole rings is 1. The van der Waals surface area contributed by atoms with Gasteiger partial charge in [0.05, 0.1) is 28.3 Å². The van der Waals surface area contributed by atoms with Crippen LogP contribution in [0.5, 0.6) is 0 Å². The summed E-state index contributed by atoms with van der Waals surface area (Å²) in [5.74, 6) is -0.462. The summed E-state index contributed by atoms with van der Waals surface area (Å²) in [5, 5.41) is 2.93. The molecule has 1 heterocycles. The number of benzene rings is 3. The lowest BCUT2D eigenvalue weighted by Crippen LogP contribution is -2.17. The quantitative estimate of drug-likeness (QED) is 0.390. The number of hydrogen-bond donors (Lipinski definition) is 2. The highest BCUT2D eigenvalue weighted by atomic mass is 35.5. The van der Waals surface area contributed by atoms with Crippen molar-refractivity contribution in [1.29, 1.82) is 0 Å². The molecular formula is C22H16Cl2N4O3S. The van der Waals surface area contributed by atoms with Crippen LogP contribution < -0.4 is 10.0 Å². The lowest BCUT2D eigenvalue weighted by atomic mass is 10.3. The predicted molar refractivity (Wildman–Crippen MR) is 125 cm³/mol. The van der Waals surface area contributed by atoms with Crippen molar-refractivity contribution < 1.29 is 13.2 Å². The summed E-state index contributed by atoms with van der Waals surface area (Å²) in [4.78, 5) is 16.7. The molecule has 0 radical (unpaired) electrons. The maximum absolute atomic E-state index is 12.9. The maximum atomic E-state index is 12.9. The lowest BCUT2D eigenvalue weighted by molar-refractivity contribution is 0.102. The number of amides is 1. The third kappa shape index (κ3) is 4.62. The fourth-order valence-electron chi connectivity index (χ4n) is 2.98. The van der Waals surface area contributed by atoms with Gasteiger partial charge in [-0.2, -0.15) is 0 Å². The van der Waals surface area contributed by atoms with Gasteiger partial charge >= 0.3 is 0 Å². The first-order chi connectivity index (χ1) is 15.3. The third-order valence-electron chi connectivity index (χ3n) is 4.50. The number of carbonyl (C=O) groups is 1. The molecule has 1 aromatic heterocycles. The van der Waals surface area contributed by atoms with Gasteiger partial charge in [-0.15, -0.1) is 0 Å². The van der Waals surface area contributed by atoms with E-state index < -0.39 is 15.9 Å². The molecule has 3 aromatic carbocycles. The van der Waals surface area contributed by atoms with E-state index in [-0.39, 0.29) is 32.0 Å². The van der Waals surface area contributed by atoms with Gasteiger partial charge in [-0.05, 0) is 42.5 Å². The summed E-state index contributed by atoms with van der Waals surface area (Å²) in [6.45, 7) is 0. The van der Waals surface area contributed by atoms with Gasteiger partial charge in [0.15, 0.2) is 0 Å². The Hall–Kier alpha value is -3.33. The predicted octanol–water partition coefficient (Wildman–Crippen LogP) is 5.23. The van der Waals surface area contributed by atoms with Crippen LogP contribution in [0.25, 0.3) is 5.69 Å². The number of aromatic nitrogens is 2. The number of carbonyl (C=O) groups excluding carboxylic acids is 1. The Balaban J connectivity index is 1.61. The van der Waals surface area contributed by atoms with Gasteiger partial charge in [0, 0.05) is 11.4 Å². The second-order valence-corrected chi connectivity index (χ2v) is 9.13. The number of rotatable bonds is 6. The SMILES string of the molecule is O=C(Nc1ccc(Cl)c(S(=O)(=O)Nc2ccccc2Cl)c1)c1cncn1-c1ccccc1. The van der Waals surface area contributed by atoms with E-state index in [0.717, 1.165) is 5.69 Å². The molecule has 0 saturated carbocycles. The molecule has 162 valence electrons. The molecule has 0 unspecified atom stereocenters. The van der Waals surface area contributed by atoms with Crippen LogP contribution in [0.15, 0.2) is 90.2 Å². The topological polar surface area (TPSA) is 93.1 Å². The number of anilines is 2. The molecule has 0 bridgehead atoms. The number of halogens is 2. The van der Waals surface area contributed by atoms with E-state index >= 15 is 0 Å². The van der Waals surface area contributed by atoms with Crippen LogP contribution in [0.1, 0.15) is 10.5 Å². The van der Waals surface area contributed by atoms with Gasteiger partial charge in [0.1, 0.15) is 10.6 Å². The molecule has 2 N–H and O–H groups in total. The molecule has 7 nitrogen and oxygen atoms in total. The summed E-state index contributed by atoms with van der Waals surface area (Å²) < 4.78 is 29.8. The summed E-state index contributed by atoms with van der Waals surface area (Å²) in [5.41, 5.74) is 1.51. The summed E-state index contributed by atoms with van der Waals surface area (Å²) in [7, 11) is -4.06. The Bertz CT molecular complexity index is 1390. The molecule has 4 rings (SSSR count). The van der Waals surface area contributed by atoms with Gasteiger partial charge in [0.2, 0.25) is 0 Å². The average molecular weight is 487 g/mol. The Morgan fingerprint density at radius 2 is 1.62 bits per heavy atom. The number of sulfonamides is 1. The van der Waals surface area contributed by atoms with Crippen molar-refractivity contribution in [3.63, 3.8) is 0 Å². The highest BCUT2D eigenvalue weighted by Gasteiger charge is 2.21. The Morgan fingerprint density at radius 1 is 0.906 bits per heavy atom. The minimum atomic E-state index is -4.06. The molecule has 0 aliphatic carbocycles. The second-order valence-electron chi connectivity index (χ2n) is 6.67. The van der Waals surface area contributed by atoms with Crippen molar-refractivity contribution in [2.45, 2.75) is 4.90 Å². The molecule has 0 aliphatic heterocycles. The molecule has 32 heavy (non-hydrogen) atoms. The van der Waals surface area contributed by atoms with Gasteiger partial charge in [0.25, 0.3) is 15.9 Å². The van der Waals surface area contributed by atoms with Crippen molar-refractivity contribution in [2.24, 2.45) is 0 Å². The zero-order chi connectivity index (χ0) is 22.7. The van der Waals surface area contributed by atoms with E-state index in [2.05, 4.69) is 15.0 Å². The highest BCUT2D eigenvalue weighted by molar-refractivity contribution is 7.92. The summed E-state index contributed by atoms with van der Waals surface area (Å²) >= 11 is 12.2. The van der Waals surface area contributed by atoms with E-state index in [1.165, 1.54) is 36.8 Å². The fraction of sp³-hybridized carbons (Fsp3) is 0. The molecule has 0 spiro atoms. The Morgan fingerprint density at radius 3 is 2.38 bits per heavy atom. The maximum Gasteiger partial charge on any atom is 0.274 e. The van der Waals surface area contributed by atoms with Gasteiger partial charge in [-0.1, -0.05) is 53.5 Å². The first-order valence-electron chi connectivity index (χ1n) is 9.31. The highest BCUT2D eigenvalue weighted by Crippen LogP contribution is 2.29. The largest absolute Gasteiger partial charge is 0.321 e. The van der Waals surface area contributed by atoms with Gasteiger partial charge in [-0.25, -0.2) is 13.4 Å². The fourth-order valence-corrected chi connectivity index (χ4v) is 4.83. The van der Waals surface area contributed by atoms with Crippen LogP contribution in [0.3, 0.4) is 0 Å². The Labute approximate surface area is 194 Å². The van der Waals surface area contributed by atoms with Crippen LogP contribution >= 0.6 is 23.2 Å². The average Bonchev–Trinajstić information content (AvgIpc) is 3.27. The van der Waals surface area contributed by atoms with Crippen LogP contribution in [0.4, 0.5) is 11.4 Å². The lowest BCUT2D eigenvalue weighted by Gasteiger charge is -2.13. The van der Waals surface area contributed by atoms with Crippen molar-refractivity contribution in [2.75, 3.05) is 10.0 Å². The first kappa shape index (κ1) is 21.9. The standard InChI is InChI=1S/C22H16Cl2N4O3S/c23-17-8-4-5-9-19(17)27-32(30,31)21-12-15(10-11-18(21)24)26-22(29)20-13-25-14-28(20)16-6-2-1-3-7-16/h1-14,27H,(H,26,29). The van der Waals surface area contributed by atoms with Crippen molar-refractivity contribution >= 4 is 50.5 Å². The zero-order valence-corrected chi connectivity index (χ0v) is 18.7. The van der Waals surface area contributed by atoms with Gasteiger partial charge in [-0.3, -0.25) is 14.1 Å². The number of para-hydroxylation sites is 2. The number of nitrogens with one attached hydrogen (secondary N) is 2. The van der Waals surface area contributed by atoms with E-state index in [1.807, 2.05) is 30.3 Å². The minimum Gasteiger partial charge on any atom is -0.321 e. The molecule has 0 aliphatic rings. The monoisotopic (exact) mass is 486 g/mol. The van der Waals surface area contributed by atoms with Crippen molar-refractivity contribution in [3.8, 4) is 5.69 Å². The minimum absolute atomic E-state index is 0.00289. The van der Waals surface area contributed by atoms with Crippen molar-refractivity contribution in [3.05, 3.63) is 101 Å². The number of nitrogens with zero attached hydrogens (tertiary/aromatic N) is 2. The van der Waals surface area contributed by atoms with Gasteiger partial charge < -0.3 is 5.32 Å². The van der Waals surface area contributed by atoms with E-state index in [0.29, 0.717) is 0 Å². The second kappa shape index (κ2) is 9.04. The molecule has 0 fully saturated rings. The summed E-state index contributed by atoms with van der Waals surface area (Å²) in [6, 6.07) is 19.9. The molecule has 0 atom stereocenters.